The number of hydrogen-bond donors (Lipinski definition) is 0. The van der Waals surface area contributed by atoms with Crippen LogP contribution >= 0.6 is 0 Å². The van der Waals surface area contributed by atoms with Crippen molar-refractivity contribution in [2.75, 3.05) is 11.5 Å². The van der Waals surface area contributed by atoms with Gasteiger partial charge < -0.3 is 14.2 Å². The van der Waals surface area contributed by atoms with Gasteiger partial charge in [0.25, 0.3) is 0 Å². The summed E-state index contributed by atoms with van der Waals surface area (Å²) in [5.74, 6) is -0.438. The van der Waals surface area contributed by atoms with Crippen LogP contribution in [0.5, 0.6) is 0 Å². The fourth-order valence-corrected chi connectivity index (χ4v) is 1.86. The van der Waals surface area contributed by atoms with E-state index in [1.165, 1.54) is 24.4 Å². The summed E-state index contributed by atoms with van der Waals surface area (Å²) in [5.41, 5.74) is -1.02. The van der Waals surface area contributed by atoms with Crippen LogP contribution in [0.15, 0.2) is 24.4 Å². The average molecular weight is 392 g/mol. The minimum Gasteiger partial charge on any atom is -0.463 e. The molecule has 0 aromatic carbocycles. The first-order valence-corrected chi connectivity index (χ1v) is 8.89. The minimum atomic E-state index is -0.899. The second kappa shape index (κ2) is 9.34. The Balaban J connectivity index is 3.11. The number of amides is 2. The Morgan fingerprint density at radius 2 is 1.54 bits per heavy atom. The lowest BCUT2D eigenvalue weighted by atomic mass is 10.2. The molecule has 8 heteroatoms. The number of rotatable bonds is 4. The highest BCUT2D eigenvalue weighted by Gasteiger charge is 2.33. The first-order chi connectivity index (χ1) is 12.8. The zero-order valence-electron chi connectivity index (χ0n) is 17.4. The lowest BCUT2D eigenvalue weighted by Gasteiger charge is -2.28. The van der Waals surface area contributed by atoms with Crippen molar-refractivity contribution >= 4 is 30.0 Å². The molecule has 1 rings (SSSR count). The Labute approximate surface area is 165 Å². The lowest BCUT2D eigenvalue weighted by Crippen LogP contribution is -2.44. The average Bonchev–Trinajstić information content (AvgIpc) is 2.51. The molecule has 0 saturated heterocycles. The third-order valence-corrected chi connectivity index (χ3v) is 2.85. The van der Waals surface area contributed by atoms with Crippen molar-refractivity contribution in [1.29, 1.82) is 0 Å². The second-order valence-electron chi connectivity index (χ2n) is 7.83. The number of aromatic nitrogens is 1. The van der Waals surface area contributed by atoms with Crippen molar-refractivity contribution in [3.63, 3.8) is 0 Å². The Morgan fingerprint density at radius 1 is 1.00 bits per heavy atom. The van der Waals surface area contributed by atoms with Gasteiger partial charge in [-0.2, -0.15) is 4.90 Å². The predicted octanol–water partition coefficient (Wildman–Crippen LogP) is 4.33. The summed E-state index contributed by atoms with van der Waals surface area (Å²) in [6.45, 7) is 12.1. The Kier molecular flexibility index (Phi) is 7.72. The van der Waals surface area contributed by atoms with E-state index in [4.69, 9.17) is 14.2 Å². The van der Waals surface area contributed by atoms with Gasteiger partial charge in [-0.05, 0) is 72.2 Å². The maximum absolute atomic E-state index is 12.5. The first kappa shape index (κ1) is 23.1. The molecule has 0 spiro atoms. The Morgan fingerprint density at radius 3 is 1.93 bits per heavy atom. The first-order valence-electron chi connectivity index (χ1n) is 8.89. The number of imide groups is 1. The van der Waals surface area contributed by atoms with E-state index in [1.54, 1.807) is 54.5 Å². The molecule has 1 aromatic heterocycles. The van der Waals surface area contributed by atoms with Crippen LogP contribution in [0.1, 0.15) is 54.0 Å². The van der Waals surface area contributed by atoms with E-state index in [0.29, 0.717) is 5.56 Å². The van der Waals surface area contributed by atoms with Gasteiger partial charge in [0.2, 0.25) is 0 Å². The summed E-state index contributed by atoms with van der Waals surface area (Å²) < 4.78 is 15.4. The van der Waals surface area contributed by atoms with Gasteiger partial charge >= 0.3 is 18.2 Å². The molecule has 0 N–H and O–H groups in total. The Hall–Kier alpha value is -2.90. The van der Waals surface area contributed by atoms with E-state index in [0.717, 1.165) is 4.90 Å². The molecule has 0 saturated carbocycles. The maximum Gasteiger partial charge on any atom is 0.425 e. The van der Waals surface area contributed by atoms with E-state index in [9.17, 15) is 14.4 Å². The summed E-state index contributed by atoms with van der Waals surface area (Å²) in [7, 11) is 0. The van der Waals surface area contributed by atoms with Crippen LogP contribution in [0, 0.1) is 0 Å². The molecule has 0 radical (unpaired) electrons. The van der Waals surface area contributed by atoms with Crippen LogP contribution in [0.25, 0.3) is 6.08 Å². The fourth-order valence-electron chi connectivity index (χ4n) is 1.86. The molecule has 8 nitrogen and oxygen atoms in total. The fraction of sp³-hybridized carbons (Fsp3) is 0.500. The highest BCUT2D eigenvalue weighted by molar-refractivity contribution is 6.08. The van der Waals surface area contributed by atoms with Crippen LogP contribution in [-0.4, -0.2) is 40.9 Å². The van der Waals surface area contributed by atoms with Crippen molar-refractivity contribution in [3.05, 3.63) is 30.0 Å². The van der Waals surface area contributed by atoms with Gasteiger partial charge in [0.1, 0.15) is 17.0 Å². The van der Waals surface area contributed by atoms with Crippen LogP contribution in [0.2, 0.25) is 0 Å². The number of anilines is 1. The molecule has 0 aliphatic rings. The summed E-state index contributed by atoms with van der Waals surface area (Å²) in [5, 5.41) is 0. The molecular weight excluding hydrogens is 364 g/mol. The van der Waals surface area contributed by atoms with Crippen molar-refractivity contribution < 1.29 is 28.6 Å². The summed E-state index contributed by atoms with van der Waals surface area (Å²) >= 11 is 0. The Bertz CT molecular complexity index is 699. The van der Waals surface area contributed by atoms with Gasteiger partial charge in [-0.25, -0.2) is 19.4 Å². The van der Waals surface area contributed by atoms with Crippen molar-refractivity contribution in [3.8, 4) is 0 Å². The van der Waals surface area contributed by atoms with E-state index in [1.807, 2.05) is 0 Å². The van der Waals surface area contributed by atoms with E-state index in [-0.39, 0.29) is 12.4 Å². The standard InChI is InChI=1S/C20H28N2O6/c1-8-26-16(23)12-10-14-9-11-15(21-13-14)22(17(24)27-19(2,3)4)18(25)28-20(5,6)7/h9-13H,8H2,1-7H3. The van der Waals surface area contributed by atoms with E-state index >= 15 is 0 Å². The summed E-state index contributed by atoms with van der Waals surface area (Å²) in [6.07, 6.45) is 2.39. The molecular formula is C20H28N2O6. The third kappa shape index (κ3) is 8.20. The van der Waals surface area contributed by atoms with Crippen LogP contribution < -0.4 is 4.90 Å². The SMILES string of the molecule is CCOC(=O)C=Cc1ccc(N(C(=O)OC(C)(C)C)C(=O)OC(C)(C)C)nc1. The minimum absolute atomic E-state index is 0.0387. The monoisotopic (exact) mass is 392 g/mol. The quantitative estimate of drug-likeness (QED) is 0.427. The van der Waals surface area contributed by atoms with Gasteiger partial charge in [0, 0.05) is 12.3 Å². The second-order valence-corrected chi connectivity index (χ2v) is 7.83. The highest BCUT2D eigenvalue weighted by atomic mass is 16.6. The molecule has 0 unspecified atom stereocenters. The number of pyridine rings is 1. The number of carbonyl (C=O) groups excluding carboxylic acids is 3. The third-order valence-electron chi connectivity index (χ3n) is 2.85. The number of esters is 1. The number of nitrogens with zero attached hydrogens (tertiary/aromatic N) is 2. The number of carbonyl (C=O) groups is 3. The molecule has 2 amide bonds. The maximum atomic E-state index is 12.5. The summed E-state index contributed by atoms with van der Waals surface area (Å²) in [4.78, 5) is 41.3. The molecule has 0 aliphatic carbocycles. The van der Waals surface area contributed by atoms with E-state index < -0.39 is 29.4 Å². The molecule has 0 atom stereocenters. The van der Waals surface area contributed by atoms with Gasteiger partial charge in [0.05, 0.1) is 6.61 Å². The van der Waals surface area contributed by atoms with Gasteiger partial charge in [-0.3, -0.25) is 0 Å². The molecule has 154 valence electrons. The van der Waals surface area contributed by atoms with Gasteiger partial charge in [-0.15, -0.1) is 0 Å². The van der Waals surface area contributed by atoms with Crippen LogP contribution in [-0.2, 0) is 19.0 Å². The molecule has 1 heterocycles. The van der Waals surface area contributed by atoms with Gasteiger partial charge in [-0.1, -0.05) is 0 Å². The molecule has 28 heavy (non-hydrogen) atoms. The highest BCUT2D eigenvalue weighted by Crippen LogP contribution is 2.20. The normalized spacial score (nSPS) is 11.8. The van der Waals surface area contributed by atoms with Crippen molar-refractivity contribution in [2.45, 2.75) is 59.7 Å². The number of ether oxygens (including phenoxy) is 3. The van der Waals surface area contributed by atoms with E-state index in [2.05, 4.69) is 4.98 Å². The number of hydrogen-bond acceptors (Lipinski definition) is 7. The molecule has 0 bridgehead atoms. The topological polar surface area (TPSA) is 95.0 Å². The molecule has 1 aromatic rings. The predicted molar refractivity (Wildman–Crippen MR) is 105 cm³/mol. The van der Waals surface area contributed by atoms with Crippen molar-refractivity contribution in [2.24, 2.45) is 0 Å². The van der Waals surface area contributed by atoms with Gasteiger partial charge in [0.15, 0.2) is 0 Å². The smallest absolute Gasteiger partial charge is 0.425 e. The summed E-state index contributed by atoms with van der Waals surface area (Å²) in [6, 6.07) is 3.05. The van der Waals surface area contributed by atoms with Crippen LogP contribution in [0.4, 0.5) is 15.4 Å². The lowest BCUT2D eigenvalue weighted by molar-refractivity contribution is -0.137. The molecule has 0 fully saturated rings. The zero-order valence-corrected chi connectivity index (χ0v) is 17.4. The molecule has 0 aliphatic heterocycles. The van der Waals surface area contributed by atoms with Crippen LogP contribution in [0.3, 0.4) is 0 Å². The van der Waals surface area contributed by atoms with Crippen molar-refractivity contribution in [1.82, 2.24) is 4.98 Å². The zero-order chi connectivity index (χ0) is 21.5. The largest absolute Gasteiger partial charge is 0.463 e.